The van der Waals surface area contributed by atoms with Gasteiger partial charge in [0.25, 0.3) is 0 Å². The van der Waals surface area contributed by atoms with Crippen LogP contribution in [0.25, 0.3) is 0 Å². The lowest BCUT2D eigenvalue weighted by Gasteiger charge is -2.22. The summed E-state index contributed by atoms with van der Waals surface area (Å²) < 4.78 is 54.8. The third-order valence-corrected chi connectivity index (χ3v) is 2.90. The Morgan fingerprint density at radius 3 is 2.55 bits per heavy atom. The Bertz CT molecular complexity index is 517. The third kappa shape index (κ3) is 5.79. The van der Waals surface area contributed by atoms with Crippen molar-refractivity contribution in [1.29, 1.82) is 0 Å². The summed E-state index contributed by atoms with van der Waals surface area (Å²) in [5.41, 5.74) is 0.652. The molecule has 1 rings (SSSR count). The van der Waals surface area contributed by atoms with Gasteiger partial charge in [-0.3, -0.25) is 4.99 Å². The Kier molecular flexibility index (Phi) is 6.45. The average Bonchev–Trinajstić information content (AvgIpc) is 2.42. The average molecular weight is 321 g/mol. The molecule has 0 aliphatic carbocycles. The minimum absolute atomic E-state index is 0.138. The molecule has 0 bridgehead atoms. The highest BCUT2D eigenvalue weighted by molar-refractivity contribution is 5.79. The first-order valence-electron chi connectivity index (χ1n) is 6.57. The lowest BCUT2D eigenvalue weighted by atomic mass is 10.2. The van der Waals surface area contributed by atoms with E-state index in [1.54, 1.807) is 18.0 Å². The molecule has 0 saturated heterocycles. The summed E-state index contributed by atoms with van der Waals surface area (Å²) in [4.78, 5) is 5.51. The van der Waals surface area contributed by atoms with E-state index in [0.29, 0.717) is 18.1 Å². The molecule has 0 atom stereocenters. The number of alkyl halides is 3. The summed E-state index contributed by atoms with van der Waals surface area (Å²) in [6.45, 7) is 0.0318. The fourth-order valence-electron chi connectivity index (χ4n) is 1.86. The second-order valence-corrected chi connectivity index (χ2v) is 4.66. The molecule has 1 N–H and O–H groups in total. The number of nitrogens with one attached hydrogen (secondary N) is 1. The van der Waals surface area contributed by atoms with E-state index in [1.807, 2.05) is 0 Å². The van der Waals surface area contributed by atoms with Crippen molar-refractivity contribution in [2.24, 2.45) is 4.99 Å². The normalized spacial score (nSPS) is 12.2. The Morgan fingerprint density at radius 1 is 1.36 bits per heavy atom. The number of halogens is 4. The van der Waals surface area contributed by atoms with Crippen molar-refractivity contribution < 1.29 is 22.3 Å². The lowest BCUT2D eigenvalue weighted by Crippen LogP contribution is -2.39. The largest absolute Gasteiger partial charge is 0.494 e. The van der Waals surface area contributed by atoms with E-state index in [1.165, 1.54) is 26.3 Å². The molecule has 124 valence electrons. The SMILES string of the molecule is CN=C(NCCC(F)(F)F)N(C)Cc1ccc(OC)c(F)c1. The predicted octanol–water partition coefficient (Wildman–Crippen LogP) is 2.79. The second kappa shape index (κ2) is 7.86. The van der Waals surface area contributed by atoms with Crippen LogP contribution in [-0.2, 0) is 6.54 Å². The maximum absolute atomic E-state index is 13.6. The Balaban J connectivity index is 2.61. The highest BCUT2D eigenvalue weighted by Gasteiger charge is 2.26. The minimum Gasteiger partial charge on any atom is -0.494 e. The van der Waals surface area contributed by atoms with Crippen LogP contribution in [0.1, 0.15) is 12.0 Å². The number of hydrogen-bond donors (Lipinski definition) is 1. The molecule has 1 aromatic carbocycles. The van der Waals surface area contributed by atoms with E-state index in [4.69, 9.17) is 4.74 Å². The molecule has 0 fully saturated rings. The van der Waals surface area contributed by atoms with Crippen LogP contribution in [0.15, 0.2) is 23.2 Å². The van der Waals surface area contributed by atoms with Crippen LogP contribution in [0.2, 0.25) is 0 Å². The number of guanidine groups is 1. The fourth-order valence-corrected chi connectivity index (χ4v) is 1.86. The Morgan fingerprint density at radius 2 is 2.05 bits per heavy atom. The number of rotatable bonds is 5. The molecule has 0 aliphatic heterocycles. The van der Waals surface area contributed by atoms with Gasteiger partial charge >= 0.3 is 6.18 Å². The van der Waals surface area contributed by atoms with Gasteiger partial charge in [0.05, 0.1) is 13.5 Å². The van der Waals surface area contributed by atoms with Gasteiger partial charge in [-0.05, 0) is 17.7 Å². The summed E-state index contributed by atoms with van der Waals surface area (Å²) in [6, 6.07) is 4.50. The van der Waals surface area contributed by atoms with E-state index in [9.17, 15) is 17.6 Å². The maximum Gasteiger partial charge on any atom is 0.390 e. The zero-order valence-corrected chi connectivity index (χ0v) is 12.7. The minimum atomic E-state index is -4.22. The van der Waals surface area contributed by atoms with Crippen molar-refractivity contribution in [3.8, 4) is 5.75 Å². The first kappa shape index (κ1) is 18.1. The molecular formula is C14H19F4N3O. The van der Waals surface area contributed by atoms with Crippen molar-refractivity contribution in [2.75, 3.05) is 27.7 Å². The summed E-state index contributed by atoms with van der Waals surface area (Å²) in [5.74, 6) is -0.0482. The van der Waals surface area contributed by atoms with Crippen molar-refractivity contribution in [2.45, 2.75) is 19.1 Å². The molecule has 0 saturated carbocycles. The van der Waals surface area contributed by atoms with Crippen molar-refractivity contribution in [1.82, 2.24) is 10.2 Å². The summed E-state index contributed by atoms with van der Waals surface area (Å²) >= 11 is 0. The van der Waals surface area contributed by atoms with Gasteiger partial charge in [-0.25, -0.2) is 4.39 Å². The monoisotopic (exact) mass is 321 g/mol. The van der Waals surface area contributed by atoms with E-state index < -0.39 is 18.4 Å². The molecule has 0 aliphatic rings. The quantitative estimate of drug-likeness (QED) is 0.515. The van der Waals surface area contributed by atoms with Crippen LogP contribution >= 0.6 is 0 Å². The van der Waals surface area contributed by atoms with Crippen LogP contribution in [0.3, 0.4) is 0 Å². The zero-order valence-electron chi connectivity index (χ0n) is 12.7. The summed E-state index contributed by atoms with van der Waals surface area (Å²) in [6.07, 6.45) is -5.17. The van der Waals surface area contributed by atoms with E-state index in [0.717, 1.165) is 0 Å². The molecule has 0 radical (unpaired) electrons. The first-order valence-corrected chi connectivity index (χ1v) is 6.57. The van der Waals surface area contributed by atoms with Crippen molar-refractivity contribution in [3.63, 3.8) is 0 Å². The highest BCUT2D eigenvalue weighted by Crippen LogP contribution is 2.19. The fraction of sp³-hybridized carbons (Fsp3) is 0.500. The molecule has 0 amide bonds. The van der Waals surface area contributed by atoms with Gasteiger partial charge in [-0.15, -0.1) is 0 Å². The van der Waals surface area contributed by atoms with Gasteiger partial charge in [0.1, 0.15) is 0 Å². The standard InChI is InChI=1S/C14H19F4N3O/c1-19-13(20-7-6-14(16,17)18)21(2)9-10-4-5-12(22-3)11(15)8-10/h4-5,8H,6-7,9H2,1-3H3,(H,19,20). The van der Waals surface area contributed by atoms with Crippen molar-refractivity contribution >= 4 is 5.96 Å². The molecule has 22 heavy (non-hydrogen) atoms. The van der Waals surface area contributed by atoms with Crippen molar-refractivity contribution in [3.05, 3.63) is 29.6 Å². The predicted molar refractivity (Wildman–Crippen MR) is 76.5 cm³/mol. The van der Waals surface area contributed by atoms with Gasteiger partial charge in [0.15, 0.2) is 17.5 Å². The molecule has 0 unspecified atom stereocenters. The zero-order chi connectivity index (χ0) is 16.8. The number of ether oxygens (including phenoxy) is 1. The molecule has 0 heterocycles. The van der Waals surface area contributed by atoms with Gasteiger partial charge in [-0.2, -0.15) is 13.2 Å². The molecule has 1 aromatic rings. The molecule has 0 aromatic heterocycles. The molecular weight excluding hydrogens is 302 g/mol. The number of methoxy groups -OCH3 is 1. The van der Waals surface area contributed by atoms with E-state index >= 15 is 0 Å². The molecule has 0 spiro atoms. The van der Waals surface area contributed by atoms with Crippen LogP contribution in [0, 0.1) is 5.82 Å². The Labute approximate surface area is 126 Å². The topological polar surface area (TPSA) is 36.9 Å². The van der Waals surface area contributed by atoms with Crippen LogP contribution in [0.4, 0.5) is 17.6 Å². The van der Waals surface area contributed by atoms with Gasteiger partial charge < -0.3 is 15.0 Å². The lowest BCUT2D eigenvalue weighted by molar-refractivity contribution is -0.132. The third-order valence-electron chi connectivity index (χ3n) is 2.90. The second-order valence-electron chi connectivity index (χ2n) is 4.66. The number of nitrogens with zero attached hydrogens (tertiary/aromatic N) is 2. The van der Waals surface area contributed by atoms with Gasteiger partial charge in [0.2, 0.25) is 0 Å². The number of hydrogen-bond acceptors (Lipinski definition) is 2. The van der Waals surface area contributed by atoms with Gasteiger partial charge in [0, 0.05) is 27.2 Å². The van der Waals surface area contributed by atoms with Crippen LogP contribution in [-0.4, -0.2) is 44.8 Å². The van der Waals surface area contributed by atoms with E-state index in [-0.39, 0.29) is 12.3 Å². The van der Waals surface area contributed by atoms with Crippen LogP contribution < -0.4 is 10.1 Å². The summed E-state index contributed by atoms with van der Waals surface area (Å²) in [7, 11) is 4.50. The molecule has 8 heteroatoms. The highest BCUT2D eigenvalue weighted by atomic mass is 19.4. The maximum atomic E-state index is 13.6. The number of benzene rings is 1. The first-order chi connectivity index (χ1) is 10.3. The smallest absolute Gasteiger partial charge is 0.390 e. The van der Waals surface area contributed by atoms with Gasteiger partial charge in [-0.1, -0.05) is 6.07 Å². The molecule has 4 nitrogen and oxygen atoms in total. The summed E-state index contributed by atoms with van der Waals surface area (Å²) in [5, 5.41) is 2.62. The Hall–Kier alpha value is -1.99. The van der Waals surface area contributed by atoms with E-state index in [2.05, 4.69) is 10.3 Å². The van der Waals surface area contributed by atoms with Crippen LogP contribution in [0.5, 0.6) is 5.75 Å². The number of aliphatic imine (C=N–C) groups is 1.